The zero-order chi connectivity index (χ0) is 6.41. The molecule has 1 fully saturated rings. The zero-order valence-corrected chi connectivity index (χ0v) is 5.78. The van der Waals surface area contributed by atoms with Crippen LogP contribution in [0.4, 0.5) is 0 Å². The van der Waals surface area contributed by atoms with E-state index in [9.17, 15) is 0 Å². The fourth-order valence-corrected chi connectivity index (χ4v) is 1.09. The van der Waals surface area contributed by atoms with E-state index in [1.54, 1.807) is 0 Å². The van der Waals surface area contributed by atoms with Crippen molar-refractivity contribution >= 4 is 0 Å². The van der Waals surface area contributed by atoms with Crippen molar-refractivity contribution in [3.8, 4) is 12.3 Å². The number of hydrogen-bond donors (Lipinski definition) is 0. The summed E-state index contributed by atoms with van der Waals surface area (Å²) in [4.78, 5) is 0. The normalized spacial score (nSPS) is 40.8. The van der Waals surface area contributed by atoms with E-state index in [1.807, 2.05) is 0 Å². The molecule has 0 saturated heterocycles. The maximum Gasteiger partial charge on any atom is 0.0341 e. The Morgan fingerprint density at radius 2 is 1.75 bits per heavy atom. The van der Waals surface area contributed by atoms with E-state index in [2.05, 4.69) is 26.7 Å². The average molecular weight is 108 g/mol. The quantitative estimate of drug-likeness (QED) is 0.417. The van der Waals surface area contributed by atoms with Gasteiger partial charge in [0.1, 0.15) is 0 Å². The molecule has 0 radical (unpaired) electrons. The highest BCUT2D eigenvalue weighted by atomic mass is 14.6. The Hall–Kier alpha value is -0.440. The minimum atomic E-state index is 0.215. The molecule has 1 aliphatic rings. The van der Waals surface area contributed by atoms with Crippen molar-refractivity contribution in [3.05, 3.63) is 0 Å². The Morgan fingerprint density at radius 3 is 1.75 bits per heavy atom. The van der Waals surface area contributed by atoms with Crippen molar-refractivity contribution in [2.75, 3.05) is 0 Å². The fourth-order valence-electron chi connectivity index (χ4n) is 1.09. The molecule has 1 atom stereocenters. The molecule has 0 aromatic rings. The minimum Gasteiger partial charge on any atom is -0.120 e. The molecule has 0 bridgehead atoms. The van der Waals surface area contributed by atoms with Crippen LogP contribution in [0.1, 0.15) is 27.2 Å². The molecule has 0 N–H and O–H groups in total. The predicted molar refractivity (Wildman–Crippen MR) is 35.3 cm³/mol. The molecule has 44 valence electrons. The summed E-state index contributed by atoms with van der Waals surface area (Å²) in [5.74, 6) is 2.81. The van der Waals surface area contributed by atoms with Gasteiger partial charge < -0.3 is 0 Å². The highest BCUT2D eigenvalue weighted by molar-refractivity contribution is 5.22. The van der Waals surface area contributed by atoms with Gasteiger partial charge in [-0.15, -0.1) is 6.42 Å². The van der Waals surface area contributed by atoms with E-state index in [0.717, 1.165) is 0 Å². The van der Waals surface area contributed by atoms with Gasteiger partial charge in [0.15, 0.2) is 0 Å². The molecule has 0 heteroatoms. The molecule has 8 heavy (non-hydrogen) atoms. The summed E-state index contributed by atoms with van der Waals surface area (Å²) in [6.45, 7) is 6.58. The van der Waals surface area contributed by atoms with E-state index in [1.165, 1.54) is 6.42 Å². The minimum absolute atomic E-state index is 0.215. The average Bonchev–Trinajstić information content (AvgIpc) is 2.10. The second-order valence-corrected chi connectivity index (χ2v) is 3.54. The molecule has 0 aromatic heterocycles. The number of terminal acetylenes is 1. The number of hydrogen-bond acceptors (Lipinski definition) is 0. The van der Waals surface area contributed by atoms with Crippen LogP contribution in [0, 0.1) is 23.2 Å². The van der Waals surface area contributed by atoms with Crippen LogP contribution in [-0.4, -0.2) is 0 Å². The smallest absolute Gasteiger partial charge is 0.0341 e. The topological polar surface area (TPSA) is 0 Å². The van der Waals surface area contributed by atoms with Crippen molar-refractivity contribution in [2.24, 2.45) is 10.8 Å². The number of rotatable bonds is 0. The molecule has 0 spiro atoms. The van der Waals surface area contributed by atoms with Crippen molar-refractivity contribution in [1.29, 1.82) is 0 Å². The molecule has 0 amide bonds. The van der Waals surface area contributed by atoms with Gasteiger partial charge in [0.2, 0.25) is 0 Å². The third-order valence-corrected chi connectivity index (χ3v) is 2.48. The van der Waals surface area contributed by atoms with Gasteiger partial charge in [-0.3, -0.25) is 0 Å². The van der Waals surface area contributed by atoms with Crippen LogP contribution in [-0.2, 0) is 0 Å². The monoisotopic (exact) mass is 108 g/mol. The van der Waals surface area contributed by atoms with Crippen LogP contribution in [0.15, 0.2) is 0 Å². The Morgan fingerprint density at radius 1 is 1.38 bits per heavy atom. The Balaban J connectivity index is 2.72. The molecule has 0 heterocycles. The van der Waals surface area contributed by atoms with Gasteiger partial charge in [-0.2, -0.15) is 0 Å². The Bertz CT molecular complexity index is 148. The first-order valence-electron chi connectivity index (χ1n) is 3.00. The first-order valence-corrected chi connectivity index (χ1v) is 3.00. The van der Waals surface area contributed by atoms with Crippen LogP contribution >= 0.6 is 0 Å². The molecule has 0 aliphatic heterocycles. The second kappa shape index (κ2) is 1.10. The van der Waals surface area contributed by atoms with E-state index in [4.69, 9.17) is 6.42 Å². The van der Waals surface area contributed by atoms with Gasteiger partial charge in [-0.25, -0.2) is 0 Å². The first kappa shape index (κ1) is 5.69. The largest absolute Gasteiger partial charge is 0.120 e. The summed E-state index contributed by atoms with van der Waals surface area (Å²) in [6, 6.07) is 0. The Kier molecular flexibility index (Phi) is 0.785. The molecule has 0 aromatic carbocycles. The molecule has 1 rings (SSSR count). The summed E-state index contributed by atoms with van der Waals surface area (Å²) in [6.07, 6.45) is 6.48. The van der Waals surface area contributed by atoms with Crippen LogP contribution in [0.2, 0.25) is 0 Å². The molecule has 1 unspecified atom stereocenters. The molecular formula is C8H12. The zero-order valence-electron chi connectivity index (χ0n) is 5.78. The summed E-state index contributed by atoms with van der Waals surface area (Å²) in [5, 5.41) is 0. The van der Waals surface area contributed by atoms with E-state index >= 15 is 0 Å². The van der Waals surface area contributed by atoms with Crippen molar-refractivity contribution in [3.63, 3.8) is 0 Å². The molecule has 1 saturated carbocycles. The lowest BCUT2D eigenvalue weighted by molar-refractivity contribution is 0.517. The SMILES string of the molecule is C#CC1(C)CC1(C)C. The highest BCUT2D eigenvalue weighted by Gasteiger charge is 2.56. The summed E-state index contributed by atoms with van der Waals surface area (Å²) < 4.78 is 0. The van der Waals surface area contributed by atoms with Crippen molar-refractivity contribution in [1.82, 2.24) is 0 Å². The maximum atomic E-state index is 5.29. The van der Waals surface area contributed by atoms with Gasteiger partial charge in [-0.05, 0) is 18.8 Å². The molecule has 0 nitrogen and oxygen atoms in total. The van der Waals surface area contributed by atoms with Gasteiger partial charge >= 0.3 is 0 Å². The third kappa shape index (κ3) is 0.478. The lowest BCUT2D eigenvalue weighted by Gasteiger charge is -2.03. The van der Waals surface area contributed by atoms with Crippen LogP contribution in [0.5, 0.6) is 0 Å². The van der Waals surface area contributed by atoms with Gasteiger partial charge in [-0.1, -0.05) is 19.8 Å². The van der Waals surface area contributed by atoms with E-state index in [-0.39, 0.29) is 5.41 Å². The maximum absolute atomic E-state index is 5.29. The fraction of sp³-hybridized carbons (Fsp3) is 0.750. The highest BCUT2D eigenvalue weighted by Crippen LogP contribution is 2.62. The molecular weight excluding hydrogens is 96.1 g/mol. The standard InChI is InChI=1S/C8H12/c1-5-8(4)6-7(8,2)3/h1H,6H2,2-4H3. The van der Waals surface area contributed by atoms with Crippen LogP contribution < -0.4 is 0 Å². The van der Waals surface area contributed by atoms with Gasteiger partial charge in [0.25, 0.3) is 0 Å². The van der Waals surface area contributed by atoms with Crippen molar-refractivity contribution in [2.45, 2.75) is 27.2 Å². The summed E-state index contributed by atoms with van der Waals surface area (Å²) in [5.41, 5.74) is 0.634. The van der Waals surface area contributed by atoms with Crippen molar-refractivity contribution < 1.29 is 0 Å². The first-order chi connectivity index (χ1) is 3.52. The summed E-state index contributed by atoms with van der Waals surface area (Å²) >= 11 is 0. The summed E-state index contributed by atoms with van der Waals surface area (Å²) in [7, 11) is 0. The third-order valence-electron chi connectivity index (χ3n) is 2.48. The van der Waals surface area contributed by atoms with E-state index < -0.39 is 0 Å². The van der Waals surface area contributed by atoms with Crippen LogP contribution in [0.3, 0.4) is 0 Å². The van der Waals surface area contributed by atoms with Gasteiger partial charge in [0, 0.05) is 5.41 Å². The predicted octanol–water partition coefficient (Wildman–Crippen LogP) is 2.06. The lowest BCUT2D eigenvalue weighted by Crippen LogP contribution is -1.98. The Labute approximate surface area is 51.3 Å². The second-order valence-electron chi connectivity index (χ2n) is 3.54. The van der Waals surface area contributed by atoms with E-state index in [0.29, 0.717) is 5.41 Å². The van der Waals surface area contributed by atoms with Gasteiger partial charge in [0.05, 0.1) is 0 Å². The lowest BCUT2D eigenvalue weighted by atomic mass is 10.00. The van der Waals surface area contributed by atoms with Crippen LogP contribution in [0.25, 0.3) is 0 Å². The molecule has 1 aliphatic carbocycles.